The second-order valence-electron chi connectivity index (χ2n) is 2.85. The van der Waals surface area contributed by atoms with E-state index >= 15 is 0 Å². The van der Waals surface area contributed by atoms with Crippen LogP contribution in [0.2, 0.25) is 0 Å². The van der Waals surface area contributed by atoms with Crippen LogP contribution < -0.4 is 9.47 Å². The van der Waals surface area contributed by atoms with Gasteiger partial charge in [0.1, 0.15) is 13.3 Å². The predicted octanol–water partition coefficient (Wildman–Crippen LogP) is 1.52. The fraction of sp³-hybridized carbons (Fsp3) is 0.273. The molecule has 5 nitrogen and oxygen atoms in total. The molecular formula is C11H13NO4. The Balaban J connectivity index is 2.98. The Hall–Kier alpha value is -2.04. The molecule has 1 aromatic rings. The molecule has 5 heteroatoms. The fourth-order valence-corrected chi connectivity index (χ4v) is 1.16. The van der Waals surface area contributed by atoms with Gasteiger partial charge in [-0.15, -0.1) is 0 Å². The molecule has 0 bridgehead atoms. The Bertz CT molecular complexity index is 401. The van der Waals surface area contributed by atoms with E-state index < -0.39 is 0 Å². The van der Waals surface area contributed by atoms with Crippen molar-refractivity contribution in [2.24, 2.45) is 5.16 Å². The Kier molecular flexibility index (Phi) is 4.32. The number of hydrogen-bond acceptors (Lipinski definition) is 5. The number of carbonyl (C=O) groups is 1. The van der Waals surface area contributed by atoms with Gasteiger partial charge in [-0.3, -0.25) is 4.79 Å². The highest BCUT2D eigenvalue weighted by Crippen LogP contribution is 2.27. The number of oxime groups is 1. The van der Waals surface area contributed by atoms with Gasteiger partial charge in [-0.25, -0.2) is 0 Å². The third kappa shape index (κ3) is 2.73. The highest BCUT2D eigenvalue weighted by atomic mass is 16.6. The summed E-state index contributed by atoms with van der Waals surface area (Å²) in [5, 5.41) is 3.40. The molecule has 16 heavy (non-hydrogen) atoms. The second-order valence-corrected chi connectivity index (χ2v) is 2.85. The summed E-state index contributed by atoms with van der Waals surface area (Å²) in [6.45, 7) is 0. The van der Waals surface area contributed by atoms with Crippen LogP contribution in [0.1, 0.15) is 10.4 Å². The molecule has 0 unspecified atom stereocenters. The second kappa shape index (κ2) is 5.75. The van der Waals surface area contributed by atoms with E-state index in [-0.39, 0.29) is 5.78 Å². The van der Waals surface area contributed by atoms with Crippen molar-refractivity contribution in [2.75, 3.05) is 21.3 Å². The zero-order chi connectivity index (χ0) is 12.0. The van der Waals surface area contributed by atoms with Crippen LogP contribution in [0.5, 0.6) is 11.5 Å². The molecule has 0 aliphatic rings. The molecular weight excluding hydrogens is 210 g/mol. The van der Waals surface area contributed by atoms with Crippen LogP contribution in [-0.4, -0.2) is 33.3 Å². The van der Waals surface area contributed by atoms with Crippen LogP contribution in [0.25, 0.3) is 0 Å². The molecule has 0 spiro atoms. The minimum atomic E-state index is -0.261. The maximum atomic E-state index is 11.5. The molecule has 0 radical (unpaired) electrons. The zero-order valence-corrected chi connectivity index (χ0v) is 9.39. The molecule has 0 heterocycles. The van der Waals surface area contributed by atoms with Crippen LogP contribution in [0.4, 0.5) is 0 Å². The number of nitrogens with zero attached hydrogens (tertiary/aromatic N) is 1. The molecule has 0 saturated carbocycles. The summed E-state index contributed by atoms with van der Waals surface area (Å²) in [5.74, 6) is 0.810. The van der Waals surface area contributed by atoms with Gasteiger partial charge in [-0.2, -0.15) is 0 Å². The number of carbonyl (C=O) groups excluding carboxylic acids is 1. The Labute approximate surface area is 93.6 Å². The molecule has 0 N–H and O–H groups in total. The van der Waals surface area contributed by atoms with Crippen molar-refractivity contribution in [3.63, 3.8) is 0 Å². The summed E-state index contributed by atoms with van der Waals surface area (Å²) < 4.78 is 10.1. The molecule has 0 fully saturated rings. The number of ketones is 1. The van der Waals surface area contributed by atoms with Crippen LogP contribution in [0, 0.1) is 0 Å². The summed E-state index contributed by atoms with van der Waals surface area (Å²) in [6, 6.07) is 4.88. The summed E-state index contributed by atoms with van der Waals surface area (Å²) in [6.07, 6.45) is 1.10. The van der Waals surface area contributed by atoms with Crippen LogP contribution in [0.15, 0.2) is 23.4 Å². The van der Waals surface area contributed by atoms with E-state index in [0.29, 0.717) is 17.1 Å². The van der Waals surface area contributed by atoms with E-state index in [1.165, 1.54) is 21.3 Å². The first-order valence-corrected chi connectivity index (χ1v) is 4.55. The highest BCUT2D eigenvalue weighted by Gasteiger charge is 2.08. The molecule has 0 aliphatic carbocycles. The van der Waals surface area contributed by atoms with E-state index in [0.717, 1.165) is 6.21 Å². The third-order valence-corrected chi connectivity index (χ3v) is 1.94. The molecule has 0 saturated heterocycles. The van der Waals surface area contributed by atoms with E-state index in [1.54, 1.807) is 18.2 Å². The monoisotopic (exact) mass is 223 g/mol. The molecule has 0 aliphatic heterocycles. The van der Waals surface area contributed by atoms with Gasteiger partial charge in [0.25, 0.3) is 0 Å². The fourth-order valence-electron chi connectivity index (χ4n) is 1.16. The van der Waals surface area contributed by atoms with Crippen molar-refractivity contribution in [3.05, 3.63) is 23.8 Å². The molecule has 0 atom stereocenters. The summed E-state index contributed by atoms with van der Waals surface area (Å²) in [5.41, 5.74) is 0.457. The van der Waals surface area contributed by atoms with Crippen molar-refractivity contribution in [3.8, 4) is 11.5 Å². The van der Waals surface area contributed by atoms with Gasteiger partial charge < -0.3 is 14.3 Å². The molecule has 1 aromatic carbocycles. The maximum absolute atomic E-state index is 11.5. The van der Waals surface area contributed by atoms with Crippen molar-refractivity contribution in [1.29, 1.82) is 0 Å². The van der Waals surface area contributed by atoms with E-state index in [2.05, 4.69) is 9.99 Å². The standard InChI is InChI=1S/C11H13NO4/c1-14-10-5-4-8(6-11(10)15-2)9(13)7-12-16-3/h4-7H,1-3H3/b12-7+. The van der Waals surface area contributed by atoms with Crippen molar-refractivity contribution in [1.82, 2.24) is 0 Å². The van der Waals surface area contributed by atoms with Gasteiger partial charge in [0.15, 0.2) is 11.5 Å². The SMILES string of the molecule is CO/N=C/C(=O)c1ccc(OC)c(OC)c1. The van der Waals surface area contributed by atoms with Gasteiger partial charge in [-0.1, -0.05) is 5.16 Å². The maximum Gasteiger partial charge on any atom is 0.207 e. The average Bonchev–Trinajstić information content (AvgIpc) is 2.34. The Morgan fingerprint density at radius 1 is 1.19 bits per heavy atom. The highest BCUT2D eigenvalue weighted by molar-refractivity contribution is 6.35. The largest absolute Gasteiger partial charge is 0.493 e. The minimum absolute atomic E-state index is 0.261. The topological polar surface area (TPSA) is 57.1 Å². The first kappa shape index (κ1) is 12.0. The van der Waals surface area contributed by atoms with Crippen LogP contribution >= 0.6 is 0 Å². The van der Waals surface area contributed by atoms with Crippen molar-refractivity contribution < 1.29 is 19.1 Å². The summed E-state index contributed by atoms with van der Waals surface area (Å²) >= 11 is 0. The number of Topliss-reactive ketones (excluding diaryl/α,β-unsaturated/α-hetero) is 1. The number of methoxy groups -OCH3 is 2. The van der Waals surface area contributed by atoms with Gasteiger partial charge >= 0.3 is 0 Å². The molecule has 1 rings (SSSR count). The lowest BCUT2D eigenvalue weighted by molar-refractivity contribution is 0.106. The number of benzene rings is 1. The number of ether oxygens (including phenoxy) is 2. The van der Waals surface area contributed by atoms with Gasteiger partial charge in [0, 0.05) is 5.56 Å². The van der Waals surface area contributed by atoms with Gasteiger partial charge in [-0.05, 0) is 18.2 Å². The quantitative estimate of drug-likeness (QED) is 0.431. The minimum Gasteiger partial charge on any atom is -0.493 e. The number of hydrogen-bond donors (Lipinski definition) is 0. The van der Waals surface area contributed by atoms with Crippen molar-refractivity contribution >= 4 is 12.0 Å². The molecule has 0 amide bonds. The first-order valence-electron chi connectivity index (χ1n) is 4.55. The zero-order valence-electron chi connectivity index (χ0n) is 9.39. The van der Waals surface area contributed by atoms with E-state index in [9.17, 15) is 4.79 Å². The predicted molar refractivity (Wildman–Crippen MR) is 59.4 cm³/mol. The molecule has 0 aromatic heterocycles. The lowest BCUT2D eigenvalue weighted by Crippen LogP contribution is -2.01. The van der Waals surface area contributed by atoms with E-state index in [1.807, 2.05) is 0 Å². The molecule has 86 valence electrons. The normalized spacial score (nSPS) is 10.2. The smallest absolute Gasteiger partial charge is 0.207 e. The summed E-state index contributed by atoms with van der Waals surface area (Å²) in [7, 11) is 4.42. The van der Waals surface area contributed by atoms with Gasteiger partial charge in [0.05, 0.1) is 14.2 Å². The average molecular weight is 223 g/mol. The Morgan fingerprint density at radius 2 is 1.88 bits per heavy atom. The van der Waals surface area contributed by atoms with Crippen molar-refractivity contribution in [2.45, 2.75) is 0 Å². The number of rotatable bonds is 5. The summed E-state index contributed by atoms with van der Waals surface area (Å²) in [4.78, 5) is 16.0. The lowest BCUT2D eigenvalue weighted by atomic mass is 10.1. The van der Waals surface area contributed by atoms with E-state index in [4.69, 9.17) is 9.47 Å². The first-order chi connectivity index (χ1) is 7.72. The third-order valence-electron chi connectivity index (χ3n) is 1.94. The van der Waals surface area contributed by atoms with Crippen LogP contribution in [-0.2, 0) is 4.84 Å². The lowest BCUT2D eigenvalue weighted by Gasteiger charge is -2.07. The van der Waals surface area contributed by atoms with Gasteiger partial charge in [0.2, 0.25) is 5.78 Å². The van der Waals surface area contributed by atoms with Crippen LogP contribution in [0.3, 0.4) is 0 Å². The Morgan fingerprint density at radius 3 is 2.44 bits per heavy atom.